The Bertz CT molecular complexity index is 395. The van der Waals surface area contributed by atoms with Crippen LogP contribution in [-0.2, 0) is 6.54 Å². The zero-order valence-electron chi connectivity index (χ0n) is 10.0. The van der Waals surface area contributed by atoms with E-state index in [9.17, 15) is 5.11 Å². The molecule has 2 nitrogen and oxygen atoms in total. The van der Waals surface area contributed by atoms with Gasteiger partial charge >= 0.3 is 0 Å². The Morgan fingerprint density at radius 1 is 1.35 bits per heavy atom. The third-order valence-electron chi connectivity index (χ3n) is 3.52. The zero-order chi connectivity index (χ0) is 12.1. The van der Waals surface area contributed by atoms with E-state index in [0.29, 0.717) is 6.42 Å². The Morgan fingerprint density at radius 2 is 2.12 bits per heavy atom. The molecule has 0 radical (unpaired) electrons. The summed E-state index contributed by atoms with van der Waals surface area (Å²) >= 11 is 0. The first-order chi connectivity index (χ1) is 8.24. The standard InChI is InChI=1S/C15H19NO/c1-2-15(17)11-7-6-10-14(15)16-12-13-8-4-3-5-9-13/h1,3-5,8-9,14,16-17H,6-7,10-12H2/t14-,15-/m1/s1. The van der Waals surface area contributed by atoms with Gasteiger partial charge in [0.15, 0.2) is 0 Å². The lowest BCUT2D eigenvalue weighted by atomic mass is 9.81. The highest BCUT2D eigenvalue weighted by molar-refractivity contribution is 5.17. The Morgan fingerprint density at radius 3 is 2.82 bits per heavy atom. The van der Waals surface area contributed by atoms with E-state index in [2.05, 4.69) is 23.4 Å². The van der Waals surface area contributed by atoms with Crippen molar-refractivity contribution in [1.29, 1.82) is 0 Å². The van der Waals surface area contributed by atoms with Gasteiger partial charge in [-0.1, -0.05) is 42.7 Å². The minimum absolute atomic E-state index is 0.0152. The smallest absolute Gasteiger partial charge is 0.140 e. The van der Waals surface area contributed by atoms with Gasteiger partial charge in [0.05, 0.1) is 0 Å². The van der Waals surface area contributed by atoms with Crippen LogP contribution in [-0.4, -0.2) is 16.7 Å². The molecule has 0 bridgehead atoms. The Hall–Kier alpha value is -1.30. The Labute approximate surface area is 103 Å². The lowest BCUT2D eigenvalue weighted by Crippen LogP contribution is -2.51. The van der Waals surface area contributed by atoms with Crippen LogP contribution in [0.2, 0.25) is 0 Å². The predicted octanol–water partition coefficient (Wildman–Crippen LogP) is 2.08. The highest BCUT2D eigenvalue weighted by atomic mass is 16.3. The molecule has 90 valence electrons. The summed E-state index contributed by atoms with van der Waals surface area (Å²) in [7, 11) is 0. The third kappa shape index (κ3) is 2.88. The van der Waals surface area contributed by atoms with Crippen LogP contribution in [0.5, 0.6) is 0 Å². The number of terminal acetylenes is 1. The van der Waals surface area contributed by atoms with Crippen LogP contribution >= 0.6 is 0 Å². The van der Waals surface area contributed by atoms with Gasteiger partial charge in [0.1, 0.15) is 5.60 Å². The minimum atomic E-state index is -0.965. The van der Waals surface area contributed by atoms with Crippen LogP contribution in [0, 0.1) is 12.3 Å². The molecule has 2 heteroatoms. The van der Waals surface area contributed by atoms with Gasteiger partial charge in [-0.15, -0.1) is 6.42 Å². The fraction of sp³-hybridized carbons (Fsp3) is 0.467. The molecule has 0 spiro atoms. The summed E-state index contributed by atoms with van der Waals surface area (Å²) in [5.74, 6) is 2.56. The maximum absolute atomic E-state index is 10.3. The van der Waals surface area contributed by atoms with Gasteiger partial charge in [-0.05, 0) is 24.8 Å². The van der Waals surface area contributed by atoms with Crippen LogP contribution in [0.3, 0.4) is 0 Å². The molecule has 1 aromatic carbocycles. The molecule has 0 aliphatic heterocycles. The quantitative estimate of drug-likeness (QED) is 0.778. The lowest BCUT2D eigenvalue weighted by Gasteiger charge is -2.36. The molecule has 1 aromatic rings. The molecule has 1 saturated carbocycles. The second kappa shape index (κ2) is 5.35. The molecule has 0 saturated heterocycles. The zero-order valence-corrected chi connectivity index (χ0v) is 10.0. The molecule has 1 aliphatic rings. The van der Waals surface area contributed by atoms with Crippen molar-refractivity contribution in [3.8, 4) is 12.3 Å². The summed E-state index contributed by atoms with van der Waals surface area (Å²) in [6.07, 6.45) is 9.27. The van der Waals surface area contributed by atoms with Crippen LogP contribution in [0.25, 0.3) is 0 Å². The molecular formula is C15H19NO. The lowest BCUT2D eigenvalue weighted by molar-refractivity contribution is 0.0255. The molecular weight excluding hydrogens is 210 g/mol. The van der Waals surface area contributed by atoms with Crippen LogP contribution in [0.1, 0.15) is 31.2 Å². The average molecular weight is 229 g/mol. The summed E-state index contributed by atoms with van der Waals surface area (Å²) in [4.78, 5) is 0. The highest BCUT2D eigenvalue weighted by Crippen LogP contribution is 2.28. The Kier molecular flexibility index (Phi) is 3.83. The highest BCUT2D eigenvalue weighted by Gasteiger charge is 2.36. The van der Waals surface area contributed by atoms with E-state index in [1.807, 2.05) is 18.2 Å². The van der Waals surface area contributed by atoms with Crippen molar-refractivity contribution < 1.29 is 5.11 Å². The fourth-order valence-electron chi connectivity index (χ4n) is 2.44. The summed E-state index contributed by atoms with van der Waals surface area (Å²) < 4.78 is 0. The van der Waals surface area contributed by atoms with E-state index in [1.54, 1.807) is 0 Å². The second-order valence-electron chi connectivity index (χ2n) is 4.73. The van der Waals surface area contributed by atoms with E-state index in [4.69, 9.17) is 6.42 Å². The van der Waals surface area contributed by atoms with Crippen molar-refractivity contribution in [2.75, 3.05) is 0 Å². The van der Waals surface area contributed by atoms with Gasteiger partial charge in [-0.3, -0.25) is 0 Å². The molecule has 0 unspecified atom stereocenters. The van der Waals surface area contributed by atoms with Gasteiger partial charge < -0.3 is 10.4 Å². The number of benzene rings is 1. The van der Waals surface area contributed by atoms with Crippen molar-refractivity contribution in [3.05, 3.63) is 35.9 Å². The van der Waals surface area contributed by atoms with Crippen molar-refractivity contribution in [3.63, 3.8) is 0 Å². The van der Waals surface area contributed by atoms with Crippen molar-refractivity contribution in [2.24, 2.45) is 0 Å². The van der Waals surface area contributed by atoms with Gasteiger partial charge in [0.2, 0.25) is 0 Å². The molecule has 0 aromatic heterocycles. The molecule has 17 heavy (non-hydrogen) atoms. The van der Waals surface area contributed by atoms with Crippen LogP contribution < -0.4 is 5.32 Å². The van der Waals surface area contributed by atoms with Crippen molar-refractivity contribution in [1.82, 2.24) is 5.32 Å². The van der Waals surface area contributed by atoms with E-state index < -0.39 is 5.60 Å². The molecule has 2 N–H and O–H groups in total. The van der Waals surface area contributed by atoms with Gasteiger partial charge in [-0.2, -0.15) is 0 Å². The third-order valence-corrected chi connectivity index (χ3v) is 3.52. The molecule has 1 fully saturated rings. The minimum Gasteiger partial charge on any atom is -0.376 e. The first-order valence-electron chi connectivity index (χ1n) is 6.22. The number of hydrogen-bond acceptors (Lipinski definition) is 2. The van der Waals surface area contributed by atoms with Crippen molar-refractivity contribution >= 4 is 0 Å². The van der Waals surface area contributed by atoms with Crippen molar-refractivity contribution in [2.45, 2.75) is 43.9 Å². The van der Waals surface area contributed by atoms with Gasteiger partial charge in [0.25, 0.3) is 0 Å². The van der Waals surface area contributed by atoms with Crippen LogP contribution in [0.15, 0.2) is 30.3 Å². The van der Waals surface area contributed by atoms with E-state index >= 15 is 0 Å². The van der Waals surface area contributed by atoms with E-state index in [0.717, 1.165) is 25.8 Å². The monoisotopic (exact) mass is 229 g/mol. The number of hydrogen-bond donors (Lipinski definition) is 2. The fourth-order valence-corrected chi connectivity index (χ4v) is 2.44. The summed E-state index contributed by atoms with van der Waals surface area (Å²) in [5, 5.41) is 13.7. The average Bonchev–Trinajstić information content (AvgIpc) is 2.39. The summed E-state index contributed by atoms with van der Waals surface area (Å²) in [6.45, 7) is 0.759. The predicted molar refractivity (Wildman–Crippen MR) is 69.3 cm³/mol. The van der Waals surface area contributed by atoms with Gasteiger partial charge in [0, 0.05) is 12.6 Å². The molecule has 1 aliphatic carbocycles. The van der Waals surface area contributed by atoms with E-state index in [1.165, 1.54) is 5.56 Å². The summed E-state index contributed by atoms with van der Waals surface area (Å²) in [6, 6.07) is 10.2. The first-order valence-corrected chi connectivity index (χ1v) is 6.22. The first kappa shape index (κ1) is 12.2. The number of aliphatic hydroxyl groups is 1. The van der Waals surface area contributed by atoms with Crippen LogP contribution in [0.4, 0.5) is 0 Å². The van der Waals surface area contributed by atoms with Gasteiger partial charge in [-0.25, -0.2) is 0 Å². The molecule has 2 rings (SSSR count). The number of rotatable bonds is 3. The maximum atomic E-state index is 10.3. The Balaban J connectivity index is 1.96. The van der Waals surface area contributed by atoms with E-state index in [-0.39, 0.29) is 6.04 Å². The molecule has 2 atom stereocenters. The topological polar surface area (TPSA) is 32.3 Å². The largest absolute Gasteiger partial charge is 0.376 e. The second-order valence-corrected chi connectivity index (χ2v) is 4.73. The SMILES string of the molecule is C#C[C@@]1(O)CCCC[C@H]1NCc1ccccc1. The molecule has 0 heterocycles. The number of nitrogens with one attached hydrogen (secondary N) is 1. The summed E-state index contributed by atoms with van der Waals surface area (Å²) in [5.41, 5.74) is 0.255. The normalized spacial score (nSPS) is 28.6. The molecule has 0 amide bonds. The maximum Gasteiger partial charge on any atom is 0.140 e.